The average Bonchev–Trinajstić information content (AvgIpc) is 3.12. The van der Waals surface area contributed by atoms with Crippen LogP contribution in [0.5, 0.6) is 0 Å². The van der Waals surface area contributed by atoms with Crippen molar-refractivity contribution in [2.45, 2.75) is 51.4 Å². The van der Waals surface area contributed by atoms with E-state index in [9.17, 15) is 0 Å². The fourth-order valence-corrected chi connectivity index (χ4v) is 5.39. The topological polar surface area (TPSA) is 12.4 Å². The molecule has 3 aliphatic carbocycles. The monoisotopic (exact) mass is 329 g/mol. The maximum atomic E-state index is 4.81. The molecular weight excluding hydrogens is 302 g/mol. The molecule has 1 nitrogen and oxygen atoms in total. The van der Waals surface area contributed by atoms with Gasteiger partial charge in [-0.3, -0.25) is 4.99 Å². The molecule has 1 heterocycles. The molecule has 25 heavy (non-hydrogen) atoms. The van der Waals surface area contributed by atoms with Gasteiger partial charge in [0, 0.05) is 6.42 Å². The normalized spacial score (nSPS) is 27.2. The number of rotatable bonds is 4. The summed E-state index contributed by atoms with van der Waals surface area (Å²) in [5, 5.41) is 0. The van der Waals surface area contributed by atoms with E-state index in [1.165, 1.54) is 67.3 Å². The van der Waals surface area contributed by atoms with E-state index in [0.717, 1.165) is 29.9 Å². The first-order valence-electron chi connectivity index (χ1n) is 10.1. The SMILES string of the molecule is c1ccc2c(c1)CC(c1ccc(CCC3CC4CCC3CC4)cc1)=N2. The molecular formula is C24H27N. The Bertz CT molecular complexity index is 778. The average molecular weight is 329 g/mol. The fraction of sp³-hybridized carbons (Fsp3) is 0.458. The second-order valence-electron chi connectivity index (χ2n) is 8.38. The molecule has 128 valence electrons. The lowest BCUT2D eigenvalue weighted by Gasteiger charge is -2.42. The van der Waals surface area contributed by atoms with Crippen LogP contribution >= 0.6 is 0 Å². The van der Waals surface area contributed by atoms with E-state index < -0.39 is 0 Å². The highest BCUT2D eigenvalue weighted by atomic mass is 14.8. The second kappa shape index (κ2) is 6.44. The first-order chi connectivity index (χ1) is 12.3. The van der Waals surface area contributed by atoms with Gasteiger partial charge in [-0.15, -0.1) is 0 Å². The molecule has 1 heteroatoms. The Kier molecular flexibility index (Phi) is 3.96. The van der Waals surface area contributed by atoms with Gasteiger partial charge in [-0.25, -0.2) is 0 Å². The molecule has 6 rings (SSSR count). The van der Waals surface area contributed by atoms with Gasteiger partial charge < -0.3 is 0 Å². The number of benzene rings is 2. The van der Waals surface area contributed by atoms with Gasteiger partial charge in [-0.1, -0.05) is 55.3 Å². The summed E-state index contributed by atoms with van der Waals surface area (Å²) in [5.74, 6) is 3.09. The highest BCUT2D eigenvalue weighted by molar-refractivity contribution is 6.06. The van der Waals surface area contributed by atoms with Crippen molar-refractivity contribution in [1.82, 2.24) is 0 Å². The third kappa shape index (κ3) is 3.05. The molecule has 1 atom stereocenters. The smallest absolute Gasteiger partial charge is 0.0669 e. The Morgan fingerprint density at radius 3 is 2.40 bits per heavy atom. The van der Waals surface area contributed by atoms with E-state index in [-0.39, 0.29) is 0 Å². The van der Waals surface area contributed by atoms with Gasteiger partial charge in [0.2, 0.25) is 0 Å². The molecule has 0 saturated heterocycles. The summed E-state index contributed by atoms with van der Waals surface area (Å²) in [7, 11) is 0. The van der Waals surface area contributed by atoms with E-state index in [1.807, 2.05) is 0 Å². The standard InChI is InChI=1S/C24H27N/c1-2-4-23-22(3-1)16-24(25-23)20-12-5-17(6-13-20)7-14-21-15-18-8-10-19(21)11-9-18/h1-6,12-13,18-19,21H,7-11,14-16H2. The van der Waals surface area contributed by atoms with Crippen molar-refractivity contribution in [3.05, 3.63) is 65.2 Å². The molecule has 0 aromatic heterocycles. The van der Waals surface area contributed by atoms with Crippen LogP contribution in [0.2, 0.25) is 0 Å². The first-order valence-corrected chi connectivity index (χ1v) is 10.1. The minimum Gasteiger partial charge on any atom is -0.252 e. The molecule has 3 fully saturated rings. The van der Waals surface area contributed by atoms with E-state index in [4.69, 9.17) is 4.99 Å². The molecule has 0 N–H and O–H groups in total. The number of hydrogen-bond donors (Lipinski definition) is 0. The zero-order chi connectivity index (χ0) is 16.6. The lowest BCUT2D eigenvalue weighted by atomic mass is 9.63. The maximum Gasteiger partial charge on any atom is 0.0669 e. The van der Waals surface area contributed by atoms with Crippen LogP contribution in [-0.2, 0) is 12.8 Å². The Labute approximate surface area is 151 Å². The van der Waals surface area contributed by atoms with Crippen molar-refractivity contribution < 1.29 is 0 Å². The summed E-state index contributed by atoms with van der Waals surface area (Å²) in [6.07, 6.45) is 11.2. The first kappa shape index (κ1) is 15.4. The van der Waals surface area contributed by atoms with Crippen LogP contribution in [-0.4, -0.2) is 5.71 Å². The lowest BCUT2D eigenvalue weighted by molar-refractivity contribution is 0.0932. The lowest BCUT2D eigenvalue weighted by Crippen LogP contribution is -2.31. The molecule has 0 amide bonds. The van der Waals surface area contributed by atoms with Gasteiger partial charge in [0.1, 0.15) is 0 Å². The Balaban J connectivity index is 1.23. The minimum atomic E-state index is 0.973. The summed E-state index contributed by atoms with van der Waals surface area (Å²) < 4.78 is 0. The molecule has 1 aliphatic heterocycles. The van der Waals surface area contributed by atoms with Crippen molar-refractivity contribution >= 4 is 11.4 Å². The van der Waals surface area contributed by atoms with Crippen molar-refractivity contribution in [3.8, 4) is 0 Å². The summed E-state index contributed by atoms with van der Waals surface area (Å²) in [5.41, 5.74) is 6.51. The number of para-hydroxylation sites is 1. The third-order valence-electron chi connectivity index (χ3n) is 6.89. The number of aliphatic imine (C=N–C) groups is 1. The summed E-state index contributed by atoms with van der Waals surface area (Å²) in [4.78, 5) is 4.81. The van der Waals surface area contributed by atoms with Crippen LogP contribution in [0.1, 0.15) is 55.2 Å². The zero-order valence-corrected chi connectivity index (χ0v) is 15.0. The fourth-order valence-electron chi connectivity index (χ4n) is 5.39. The summed E-state index contributed by atoms with van der Waals surface area (Å²) in [6, 6.07) is 17.7. The minimum absolute atomic E-state index is 0.973. The highest BCUT2D eigenvalue weighted by Gasteiger charge is 2.34. The Morgan fingerprint density at radius 1 is 0.880 bits per heavy atom. The summed E-state index contributed by atoms with van der Waals surface area (Å²) in [6.45, 7) is 0. The molecule has 0 radical (unpaired) electrons. The van der Waals surface area contributed by atoms with Crippen LogP contribution in [0.15, 0.2) is 53.5 Å². The van der Waals surface area contributed by atoms with Crippen molar-refractivity contribution in [3.63, 3.8) is 0 Å². The zero-order valence-electron chi connectivity index (χ0n) is 15.0. The molecule has 3 saturated carbocycles. The van der Waals surface area contributed by atoms with Crippen LogP contribution in [0.4, 0.5) is 5.69 Å². The van der Waals surface area contributed by atoms with Crippen molar-refractivity contribution in [1.29, 1.82) is 0 Å². The molecule has 4 aliphatic rings. The molecule has 2 bridgehead atoms. The quantitative estimate of drug-likeness (QED) is 0.640. The molecule has 2 aromatic carbocycles. The number of aryl methyl sites for hydroxylation is 1. The Hall–Kier alpha value is -1.89. The van der Waals surface area contributed by atoms with Gasteiger partial charge in [0.05, 0.1) is 11.4 Å². The van der Waals surface area contributed by atoms with Gasteiger partial charge in [-0.2, -0.15) is 0 Å². The van der Waals surface area contributed by atoms with Gasteiger partial charge in [-0.05, 0) is 72.6 Å². The Morgan fingerprint density at radius 2 is 1.68 bits per heavy atom. The van der Waals surface area contributed by atoms with Crippen LogP contribution in [0, 0.1) is 17.8 Å². The predicted octanol–water partition coefficient (Wildman–Crippen LogP) is 6.12. The van der Waals surface area contributed by atoms with Crippen LogP contribution in [0.3, 0.4) is 0 Å². The van der Waals surface area contributed by atoms with E-state index >= 15 is 0 Å². The molecule has 2 aromatic rings. The highest BCUT2D eigenvalue weighted by Crippen LogP contribution is 2.46. The largest absolute Gasteiger partial charge is 0.252 e. The maximum absolute atomic E-state index is 4.81. The number of hydrogen-bond acceptors (Lipinski definition) is 1. The van der Waals surface area contributed by atoms with Crippen LogP contribution in [0.25, 0.3) is 0 Å². The van der Waals surface area contributed by atoms with Crippen molar-refractivity contribution in [2.75, 3.05) is 0 Å². The van der Waals surface area contributed by atoms with Gasteiger partial charge in [0.25, 0.3) is 0 Å². The van der Waals surface area contributed by atoms with E-state index in [0.29, 0.717) is 0 Å². The second-order valence-corrected chi connectivity index (χ2v) is 8.38. The van der Waals surface area contributed by atoms with Crippen LogP contribution < -0.4 is 0 Å². The number of nitrogens with zero attached hydrogens (tertiary/aromatic N) is 1. The van der Waals surface area contributed by atoms with Crippen molar-refractivity contribution in [2.24, 2.45) is 22.7 Å². The van der Waals surface area contributed by atoms with E-state index in [2.05, 4.69) is 48.5 Å². The van der Waals surface area contributed by atoms with Gasteiger partial charge in [0.15, 0.2) is 0 Å². The number of fused-ring (bicyclic) bond motifs is 4. The molecule has 1 unspecified atom stereocenters. The summed E-state index contributed by atoms with van der Waals surface area (Å²) >= 11 is 0. The van der Waals surface area contributed by atoms with E-state index in [1.54, 1.807) is 0 Å². The van der Waals surface area contributed by atoms with Gasteiger partial charge >= 0.3 is 0 Å². The third-order valence-corrected chi connectivity index (χ3v) is 6.89. The predicted molar refractivity (Wildman–Crippen MR) is 105 cm³/mol. The molecule has 0 spiro atoms.